The van der Waals surface area contributed by atoms with Gasteiger partial charge in [-0.1, -0.05) is 0 Å². The van der Waals surface area contributed by atoms with E-state index in [1.54, 1.807) is 22.6 Å². The molecule has 0 unspecified atom stereocenters. The molecule has 0 bridgehead atoms. The predicted octanol–water partition coefficient (Wildman–Crippen LogP) is 1.66. The zero-order valence-electron chi connectivity index (χ0n) is 7.24. The number of ether oxygens (including phenoxy) is 1. The van der Waals surface area contributed by atoms with E-state index in [9.17, 15) is 9.90 Å². The molecule has 0 saturated heterocycles. The van der Waals surface area contributed by atoms with Crippen LogP contribution in [0, 0.1) is 14.9 Å². The number of nitrogens with zero attached hydrogens (tertiary/aromatic N) is 1. The lowest BCUT2D eigenvalue weighted by atomic mass is 10.1. The number of phenolic OH excluding ortho intramolecular Hbond substituents is 1. The van der Waals surface area contributed by atoms with Gasteiger partial charge in [-0.25, -0.2) is 4.79 Å². The average Bonchev–Trinajstić information content (AvgIpc) is 2.20. The normalized spacial score (nSPS) is 9.21. The summed E-state index contributed by atoms with van der Waals surface area (Å²) in [5, 5.41) is 18.1. The van der Waals surface area contributed by atoms with E-state index in [-0.39, 0.29) is 16.9 Å². The first kappa shape index (κ1) is 10.8. The third kappa shape index (κ3) is 1.80. The second-order valence-corrected chi connectivity index (χ2v) is 3.50. The highest BCUT2D eigenvalue weighted by Crippen LogP contribution is 2.25. The molecule has 0 fully saturated rings. The second-order valence-electron chi connectivity index (χ2n) is 2.42. The molecule has 0 radical (unpaired) electrons. The summed E-state index contributed by atoms with van der Waals surface area (Å²) in [6.45, 7) is 0. The first-order valence-corrected chi connectivity index (χ1v) is 4.69. The van der Waals surface area contributed by atoms with Crippen LogP contribution in [0.15, 0.2) is 12.1 Å². The minimum atomic E-state index is -0.584. The summed E-state index contributed by atoms with van der Waals surface area (Å²) in [5.41, 5.74) is 0.301. The number of phenols is 1. The molecule has 0 aliphatic carbocycles. The Morgan fingerprint density at radius 2 is 2.29 bits per heavy atom. The van der Waals surface area contributed by atoms with Crippen molar-refractivity contribution in [1.29, 1.82) is 5.26 Å². The quantitative estimate of drug-likeness (QED) is 0.632. The van der Waals surface area contributed by atoms with Gasteiger partial charge in [0.1, 0.15) is 11.8 Å². The highest BCUT2D eigenvalue weighted by molar-refractivity contribution is 14.1. The summed E-state index contributed by atoms with van der Waals surface area (Å²) in [6.07, 6.45) is 0. The van der Waals surface area contributed by atoms with Gasteiger partial charge in [0.2, 0.25) is 0 Å². The van der Waals surface area contributed by atoms with Crippen molar-refractivity contribution < 1.29 is 14.6 Å². The molecule has 0 heterocycles. The van der Waals surface area contributed by atoms with Gasteiger partial charge < -0.3 is 9.84 Å². The number of esters is 1. The summed E-state index contributed by atoms with van der Waals surface area (Å²) < 4.78 is 4.85. The van der Waals surface area contributed by atoms with Crippen molar-refractivity contribution in [3.8, 4) is 11.8 Å². The van der Waals surface area contributed by atoms with Crippen molar-refractivity contribution in [3.63, 3.8) is 0 Å². The van der Waals surface area contributed by atoms with Gasteiger partial charge in [0, 0.05) is 0 Å². The minimum Gasteiger partial charge on any atom is -0.507 e. The number of hydrogen-bond donors (Lipinski definition) is 1. The van der Waals surface area contributed by atoms with Gasteiger partial charge in [-0.15, -0.1) is 0 Å². The summed E-state index contributed by atoms with van der Waals surface area (Å²) in [7, 11) is 1.24. The Bertz CT molecular complexity index is 423. The molecular weight excluding hydrogens is 297 g/mol. The van der Waals surface area contributed by atoms with Crippen molar-refractivity contribution in [2.75, 3.05) is 7.11 Å². The summed E-state index contributed by atoms with van der Waals surface area (Å²) >= 11 is 1.80. The average molecular weight is 303 g/mol. The molecular formula is C9H6INO3. The molecule has 0 saturated carbocycles. The van der Waals surface area contributed by atoms with Crippen LogP contribution in [0.5, 0.6) is 5.75 Å². The van der Waals surface area contributed by atoms with Gasteiger partial charge >= 0.3 is 5.97 Å². The number of carbonyl (C=O) groups excluding carboxylic acids is 1. The van der Waals surface area contributed by atoms with Crippen LogP contribution in [0.4, 0.5) is 0 Å². The third-order valence-corrected chi connectivity index (χ3v) is 2.73. The van der Waals surface area contributed by atoms with Crippen molar-refractivity contribution in [2.24, 2.45) is 0 Å². The molecule has 0 amide bonds. The molecule has 1 N–H and O–H groups in total. The number of hydrogen-bond acceptors (Lipinski definition) is 4. The maximum Gasteiger partial charge on any atom is 0.339 e. The van der Waals surface area contributed by atoms with Gasteiger partial charge in [-0.2, -0.15) is 5.26 Å². The zero-order valence-corrected chi connectivity index (χ0v) is 9.40. The molecule has 14 heavy (non-hydrogen) atoms. The molecule has 0 spiro atoms. The van der Waals surface area contributed by atoms with Crippen LogP contribution in [0.25, 0.3) is 0 Å². The zero-order chi connectivity index (χ0) is 10.7. The Morgan fingerprint density at radius 1 is 1.64 bits per heavy atom. The maximum absolute atomic E-state index is 11.2. The van der Waals surface area contributed by atoms with E-state index in [1.807, 2.05) is 6.07 Å². The van der Waals surface area contributed by atoms with Crippen LogP contribution >= 0.6 is 22.6 Å². The smallest absolute Gasteiger partial charge is 0.339 e. The number of aromatic hydroxyl groups is 1. The number of halogens is 1. The van der Waals surface area contributed by atoms with Crippen molar-refractivity contribution in [3.05, 3.63) is 26.8 Å². The van der Waals surface area contributed by atoms with Gasteiger partial charge in [-0.05, 0) is 34.7 Å². The van der Waals surface area contributed by atoms with Crippen LogP contribution in [0.3, 0.4) is 0 Å². The molecule has 5 heteroatoms. The van der Waals surface area contributed by atoms with E-state index in [1.165, 1.54) is 19.2 Å². The van der Waals surface area contributed by atoms with Crippen LogP contribution in [0.1, 0.15) is 15.9 Å². The van der Waals surface area contributed by atoms with E-state index >= 15 is 0 Å². The summed E-state index contributed by atoms with van der Waals surface area (Å²) in [6, 6.07) is 4.57. The Kier molecular flexibility index (Phi) is 3.30. The Hall–Kier alpha value is -1.29. The molecule has 1 aromatic carbocycles. The SMILES string of the molecule is COC(=O)c1ccc(O)c(I)c1C#N. The molecule has 0 aromatic heterocycles. The van der Waals surface area contributed by atoms with Gasteiger partial charge in [0.15, 0.2) is 0 Å². The second kappa shape index (κ2) is 4.28. The van der Waals surface area contributed by atoms with Crippen LogP contribution in [0.2, 0.25) is 0 Å². The molecule has 72 valence electrons. The Labute approximate surface area is 94.2 Å². The lowest BCUT2D eigenvalue weighted by Crippen LogP contribution is -2.05. The summed E-state index contributed by atoms with van der Waals surface area (Å²) in [5.74, 6) is -0.603. The highest BCUT2D eigenvalue weighted by atomic mass is 127. The highest BCUT2D eigenvalue weighted by Gasteiger charge is 2.16. The molecule has 4 nitrogen and oxygen atoms in total. The van der Waals surface area contributed by atoms with E-state index in [4.69, 9.17) is 5.26 Å². The Balaban J connectivity index is 3.40. The molecule has 1 rings (SSSR count). The third-order valence-electron chi connectivity index (χ3n) is 1.64. The lowest BCUT2D eigenvalue weighted by Gasteiger charge is -2.04. The lowest BCUT2D eigenvalue weighted by molar-refractivity contribution is 0.0600. The minimum absolute atomic E-state index is 0.0187. The van der Waals surface area contributed by atoms with Crippen molar-refractivity contribution >= 4 is 28.6 Å². The first-order chi connectivity index (χ1) is 6.61. The largest absolute Gasteiger partial charge is 0.507 e. The fraction of sp³-hybridized carbons (Fsp3) is 0.111. The van der Waals surface area contributed by atoms with Crippen molar-refractivity contribution in [1.82, 2.24) is 0 Å². The first-order valence-electron chi connectivity index (χ1n) is 3.61. The number of nitriles is 1. The monoisotopic (exact) mass is 303 g/mol. The van der Waals surface area contributed by atoms with Crippen molar-refractivity contribution in [2.45, 2.75) is 0 Å². The predicted molar refractivity (Wildman–Crippen MR) is 56.9 cm³/mol. The fourth-order valence-electron chi connectivity index (χ4n) is 0.954. The molecule has 1 aromatic rings. The standard InChI is InChI=1S/C9H6INO3/c1-14-9(13)5-2-3-7(12)8(10)6(5)4-11/h2-3,12H,1H3. The fourth-order valence-corrected chi connectivity index (χ4v) is 1.55. The summed E-state index contributed by atoms with van der Waals surface area (Å²) in [4.78, 5) is 11.2. The van der Waals surface area contributed by atoms with Crippen LogP contribution < -0.4 is 0 Å². The Morgan fingerprint density at radius 3 is 2.79 bits per heavy atom. The van der Waals surface area contributed by atoms with Gasteiger partial charge in [-0.3, -0.25) is 0 Å². The van der Waals surface area contributed by atoms with E-state index in [2.05, 4.69) is 4.74 Å². The number of methoxy groups -OCH3 is 1. The molecule has 0 aliphatic heterocycles. The van der Waals surface area contributed by atoms with Crippen LogP contribution in [-0.4, -0.2) is 18.2 Å². The van der Waals surface area contributed by atoms with E-state index in [0.29, 0.717) is 3.57 Å². The maximum atomic E-state index is 11.2. The molecule has 0 atom stereocenters. The van der Waals surface area contributed by atoms with Gasteiger partial charge in [0.05, 0.1) is 21.8 Å². The number of carbonyl (C=O) groups is 1. The topological polar surface area (TPSA) is 70.3 Å². The molecule has 0 aliphatic rings. The van der Waals surface area contributed by atoms with Crippen LogP contribution in [-0.2, 0) is 4.74 Å². The van der Waals surface area contributed by atoms with E-state index < -0.39 is 5.97 Å². The number of benzene rings is 1. The van der Waals surface area contributed by atoms with E-state index in [0.717, 1.165) is 0 Å². The number of rotatable bonds is 1. The van der Waals surface area contributed by atoms with Gasteiger partial charge in [0.25, 0.3) is 0 Å².